The monoisotopic (exact) mass is 357 g/mol. The summed E-state index contributed by atoms with van der Waals surface area (Å²) < 4.78 is 41.4. The van der Waals surface area contributed by atoms with Crippen molar-refractivity contribution in [1.82, 2.24) is 4.90 Å². The van der Waals surface area contributed by atoms with Gasteiger partial charge in [-0.25, -0.2) is 12.8 Å². The normalized spacial score (nSPS) is 11.5. The summed E-state index contributed by atoms with van der Waals surface area (Å²) in [7, 11) is 4.03. The molecule has 0 aliphatic rings. The minimum absolute atomic E-state index is 0.331. The number of amides is 1. The fraction of sp³-hybridized carbons (Fsp3) is 0.417. The first-order valence-corrected chi connectivity index (χ1v) is 8.55. The molecule has 5 nitrogen and oxygen atoms in total. The molecular formula is C12H14Cl2FNO4S. The van der Waals surface area contributed by atoms with Crippen LogP contribution in [0.15, 0.2) is 17.0 Å². The van der Waals surface area contributed by atoms with Gasteiger partial charge < -0.3 is 9.64 Å². The minimum Gasteiger partial charge on any atom is -0.385 e. The predicted octanol–water partition coefficient (Wildman–Crippen LogP) is 2.52. The van der Waals surface area contributed by atoms with Crippen LogP contribution in [-0.2, 0) is 13.8 Å². The first-order chi connectivity index (χ1) is 9.68. The smallest absolute Gasteiger partial charge is 0.262 e. The zero-order valence-corrected chi connectivity index (χ0v) is 13.7. The van der Waals surface area contributed by atoms with Gasteiger partial charge in [0.05, 0.1) is 10.6 Å². The molecule has 0 radical (unpaired) electrons. The zero-order chi connectivity index (χ0) is 16.2. The molecule has 1 amide bonds. The maximum Gasteiger partial charge on any atom is 0.262 e. The fourth-order valence-electron chi connectivity index (χ4n) is 1.63. The highest BCUT2D eigenvalue weighted by Crippen LogP contribution is 2.28. The summed E-state index contributed by atoms with van der Waals surface area (Å²) in [6.07, 6.45) is 0.564. The molecule has 118 valence electrons. The molecule has 1 aromatic carbocycles. The molecule has 0 unspecified atom stereocenters. The highest BCUT2D eigenvalue weighted by Gasteiger charge is 2.23. The van der Waals surface area contributed by atoms with E-state index in [0.29, 0.717) is 19.6 Å². The van der Waals surface area contributed by atoms with Crippen molar-refractivity contribution in [3.63, 3.8) is 0 Å². The van der Waals surface area contributed by atoms with Crippen molar-refractivity contribution < 1.29 is 22.3 Å². The molecule has 0 fully saturated rings. The fourth-order valence-corrected chi connectivity index (χ4v) is 3.14. The van der Waals surface area contributed by atoms with Crippen LogP contribution in [-0.4, -0.2) is 46.5 Å². The molecule has 0 heterocycles. The number of hydrogen-bond donors (Lipinski definition) is 0. The Morgan fingerprint density at radius 2 is 2.05 bits per heavy atom. The van der Waals surface area contributed by atoms with E-state index in [9.17, 15) is 17.6 Å². The summed E-state index contributed by atoms with van der Waals surface area (Å²) in [5.41, 5.74) is -0.404. The Bertz CT molecular complexity index is 636. The van der Waals surface area contributed by atoms with Crippen molar-refractivity contribution in [2.45, 2.75) is 11.3 Å². The van der Waals surface area contributed by atoms with E-state index in [0.717, 1.165) is 12.1 Å². The number of carbonyl (C=O) groups is 1. The van der Waals surface area contributed by atoms with Crippen LogP contribution in [0.1, 0.15) is 16.8 Å². The average Bonchev–Trinajstić information content (AvgIpc) is 2.36. The van der Waals surface area contributed by atoms with Gasteiger partial charge in [-0.2, -0.15) is 0 Å². The van der Waals surface area contributed by atoms with Crippen LogP contribution in [0.4, 0.5) is 4.39 Å². The summed E-state index contributed by atoms with van der Waals surface area (Å²) in [5, 5.41) is -0.374. The molecule has 21 heavy (non-hydrogen) atoms. The second-order valence-corrected chi connectivity index (χ2v) is 7.21. The van der Waals surface area contributed by atoms with Gasteiger partial charge in [-0.3, -0.25) is 4.79 Å². The lowest BCUT2D eigenvalue weighted by molar-refractivity contribution is 0.0774. The van der Waals surface area contributed by atoms with Crippen molar-refractivity contribution in [2.75, 3.05) is 27.3 Å². The first kappa shape index (κ1) is 18.2. The van der Waals surface area contributed by atoms with E-state index in [1.54, 1.807) is 0 Å². The van der Waals surface area contributed by atoms with E-state index < -0.39 is 31.2 Å². The van der Waals surface area contributed by atoms with Gasteiger partial charge >= 0.3 is 0 Å². The summed E-state index contributed by atoms with van der Waals surface area (Å²) >= 11 is 5.63. The quantitative estimate of drug-likeness (QED) is 0.579. The van der Waals surface area contributed by atoms with Crippen LogP contribution < -0.4 is 0 Å². The number of hydrogen-bond acceptors (Lipinski definition) is 4. The van der Waals surface area contributed by atoms with E-state index in [4.69, 9.17) is 27.0 Å². The number of rotatable bonds is 6. The summed E-state index contributed by atoms with van der Waals surface area (Å²) in [6, 6.07) is 1.60. The third kappa shape index (κ3) is 4.81. The van der Waals surface area contributed by atoms with Crippen LogP contribution in [0, 0.1) is 5.82 Å². The molecule has 0 aliphatic carbocycles. The third-order valence-corrected chi connectivity index (χ3v) is 4.49. The Balaban J connectivity index is 3.10. The van der Waals surface area contributed by atoms with Crippen molar-refractivity contribution in [2.24, 2.45) is 0 Å². The van der Waals surface area contributed by atoms with Crippen molar-refractivity contribution >= 4 is 37.2 Å². The van der Waals surface area contributed by atoms with Gasteiger partial charge in [-0.05, 0) is 18.6 Å². The molecule has 0 aromatic heterocycles. The Kier molecular flexibility index (Phi) is 6.40. The molecule has 0 spiro atoms. The molecule has 0 saturated heterocycles. The molecule has 0 aliphatic heterocycles. The number of nitrogens with zero attached hydrogens (tertiary/aromatic N) is 1. The molecule has 1 aromatic rings. The van der Waals surface area contributed by atoms with Gasteiger partial charge in [-0.15, -0.1) is 0 Å². The van der Waals surface area contributed by atoms with E-state index in [1.807, 2.05) is 0 Å². The van der Waals surface area contributed by atoms with Crippen LogP contribution in [0.5, 0.6) is 0 Å². The van der Waals surface area contributed by atoms with E-state index in [2.05, 4.69) is 0 Å². The molecule has 0 N–H and O–H groups in total. The number of ether oxygens (including phenoxy) is 1. The Morgan fingerprint density at radius 1 is 1.43 bits per heavy atom. The van der Waals surface area contributed by atoms with Crippen molar-refractivity contribution in [3.8, 4) is 0 Å². The molecule has 0 bridgehead atoms. The van der Waals surface area contributed by atoms with Gasteiger partial charge in [0.25, 0.3) is 15.0 Å². The van der Waals surface area contributed by atoms with Gasteiger partial charge in [0, 0.05) is 38.0 Å². The zero-order valence-electron chi connectivity index (χ0n) is 11.4. The topological polar surface area (TPSA) is 63.7 Å². The summed E-state index contributed by atoms with van der Waals surface area (Å²) in [4.78, 5) is 12.9. The van der Waals surface area contributed by atoms with E-state index >= 15 is 0 Å². The number of halogens is 3. The van der Waals surface area contributed by atoms with Crippen molar-refractivity contribution in [3.05, 3.63) is 28.5 Å². The molecule has 0 saturated carbocycles. The Hall–Kier alpha value is -0.890. The molecule has 1 rings (SSSR count). The second-order valence-electron chi connectivity index (χ2n) is 4.27. The second kappa shape index (κ2) is 7.40. The number of benzene rings is 1. The molecule has 0 atom stereocenters. The largest absolute Gasteiger partial charge is 0.385 e. The Morgan fingerprint density at radius 3 is 2.57 bits per heavy atom. The van der Waals surface area contributed by atoms with E-state index in [1.165, 1.54) is 19.1 Å². The standard InChI is InChI=1S/C12H14Cl2FNO4S/c1-16(4-3-5-20-2)12(17)8-6-11(21(14,18)19)9(13)7-10(8)15/h6-7H,3-5H2,1-2H3. The maximum absolute atomic E-state index is 13.8. The Labute approximate surface area is 132 Å². The number of methoxy groups -OCH3 is 1. The van der Waals surface area contributed by atoms with Crippen LogP contribution in [0.25, 0.3) is 0 Å². The molecule has 9 heteroatoms. The van der Waals surface area contributed by atoms with Gasteiger partial charge in [0.1, 0.15) is 10.7 Å². The third-order valence-electron chi connectivity index (χ3n) is 2.70. The van der Waals surface area contributed by atoms with Crippen LogP contribution in [0.3, 0.4) is 0 Å². The SMILES string of the molecule is COCCCN(C)C(=O)c1cc(S(=O)(=O)Cl)c(Cl)cc1F. The van der Waals surface area contributed by atoms with Crippen LogP contribution in [0.2, 0.25) is 5.02 Å². The lowest BCUT2D eigenvalue weighted by atomic mass is 10.2. The minimum atomic E-state index is -4.17. The van der Waals surface area contributed by atoms with Gasteiger partial charge in [0.15, 0.2) is 0 Å². The van der Waals surface area contributed by atoms with Crippen LogP contribution >= 0.6 is 22.3 Å². The predicted molar refractivity (Wildman–Crippen MR) is 77.9 cm³/mol. The molecular weight excluding hydrogens is 344 g/mol. The van der Waals surface area contributed by atoms with Crippen molar-refractivity contribution in [1.29, 1.82) is 0 Å². The highest BCUT2D eigenvalue weighted by molar-refractivity contribution is 8.13. The van der Waals surface area contributed by atoms with E-state index in [-0.39, 0.29) is 5.02 Å². The first-order valence-electron chi connectivity index (χ1n) is 5.86. The average molecular weight is 358 g/mol. The lowest BCUT2D eigenvalue weighted by Crippen LogP contribution is -2.29. The van der Waals surface area contributed by atoms with Gasteiger partial charge in [-0.1, -0.05) is 11.6 Å². The maximum atomic E-state index is 13.8. The lowest BCUT2D eigenvalue weighted by Gasteiger charge is -2.17. The highest BCUT2D eigenvalue weighted by atomic mass is 35.7. The summed E-state index contributed by atoms with van der Waals surface area (Å²) in [5.74, 6) is -1.57. The van der Waals surface area contributed by atoms with Gasteiger partial charge in [0.2, 0.25) is 0 Å². The summed E-state index contributed by atoms with van der Waals surface area (Å²) in [6.45, 7) is 0.778. The number of carbonyl (C=O) groups excluding carboxylic acids is 1.